The zero-order chi connectivity index (χ0) is 14.9. The van der Waals surface area contributed by atoms with Crippen molar-refractivity contribution >= 4 is 17.9 Å². The van der Waals surface area contributed by atoms with Gasteiger partial charge < -0.3 is 23.7 Å². The molecule has 112 valence electrons. The van der Waals surface area contributed by atoms with Gasteiger partial charge in [-0.05, 0) is 0 Å². The number of carbonyl (C=O) groups is 3. The largest absolute Gasteiger partial charge is 0.457 e. The van der Waals surface area contributed by atoms with Gasteiger partial charge in [0, 0.05) is 20.8 Å². The lowest BCUT2D eigenvalue weighted by Crippen LogP contribution is -2.45. The van der Waals surface area contributed by atoms with Crippen LogP contribution in [0.3, 0.4) is 0 Å². The van der Waals surface area contributed by atoms with E-state index < -0.39 is 48.6 Å². The Bertz CT molecular complexity index is 420. The normalized spacial score (nSPS) is 35.2. The topological polar surface area (TPSA) is 97.4 Å². The lowest BCUT2D eigenvalue weighted by Gasteiger charge is -2.29. The van der Waals surface area contributed by atoms with Crippen molar-refractivity contribution in [1.29, 1.82) is 0 Å². The van der Waals surface area contributed by atoms with Crippen LogP contribution in [-0.4, -0.2) is 55.2 Å². The molecule has 0 aromatic heterocycles. The Balaban J connectivity index is 2.17. The second kappa shape index (κ2) is 5.76. The first-order valence-electron chi connectivity index (χ1n) is 6.17. The summed E-state index contributed by atoms with van der Waals surface area (Å²) in [6.45, 7) is 3.81. The lowest BCUT2D eigenvalue weighted by atomic mass is 10.1. The Labute approximate surface area is 115 Å². The molecule has 2 bridgehead atoms. The minimum Gasteiger partial charge on any atom is -0.457 e. The van der Waals surface area contributed by atoms with Gasteiger partial charge in [0.05, 0.1) is 6.61 Å². The maximum Gasteiger partial charge on any atom is 0.303 e. The quantitative estimate of drug-likeness (QED) is 0.508. The minimum atomic E-state index is -0.873. The van der Waals surface area contributed by atoms with E-state index in [4.69, 9.17) is 23.7 Å². The summed E-state index contributed by atoms with van der Waals surface area (Å²) in [4.78, 5) is 33.4. The van der Waals surface area contributed by atoms with E-state index in [2.05, 4.69) is 0 Å². The number of hydrogen-bond acceptors (Lipinski definition) is 8. The third-order valence-corrected chi connectivity index (χ3v) is 2.92. The van der Waals surface area contributed by atoms with Crippen LogP contribution < -0.4 is 0 Å². The second-order valence-corrected chi connectivity index (χ2v) is 4.60. The maximum atomic E-state index is 11.2. The van der Waals surface area contributed by atoms with Crippen molar-refractivity contribution in [2.45, 2.75) is 51.5 Å². The lowest BCUT2D eigenvalue weighted by molar-refractivity contribution is -0.242. The molecule has 8 nitrogen and oxygen atoms in total. The molecule has 0 amide bonds. The van der Waals surface area contributed by atoms with Gasteiger partial charge >= 0.3 is 17.9 Å². The number of rotatable bonds is 3. The average Bonchev–Trinajstić information content (AvgIpc) is 2.57. The van der Waals surface area contributed by atoms with Crippen molar-refractivity contribution in [1.82, 2.24) is 0 Å². The van der Waals surface area contributed by atoms with E-state index in [-0.39, 0.29) is 6.61 Å². The summed E-state index contributed by atoms with van der Waals surface area (Å²) in [5.41, 5.74) is 0. The highest BCUT2D eigenvalue weighted by atomic mass is 16.8. The summed E-state index contributed by atoms with van der Waals surface area (Å²) < 4.78 is 26.1. The molecule has 2 heterocycles. The predicted molar refractivity (Wildman–Crippen MR) is 61.3 cm³/mol. The Morgan fingerprint density at radius 2 is 1.45 bits per heavy atom. The summed E-state index contributed by atoms with van der Waals surface area (Å²) in [5, 5.41) is 0. The van der Waals surface area contributed by atoms with Crippen molar-refractivity contribution in [3.63, 3.8) is 0 Å². The van der Waals surface area contributed by atoms with E-state index in [1.54, 1.807) is 0 Å². The summed E-state index contributed by atoms with van der Waals surface area (Å²) in [5.74, 6) is -1.60. The molecule has 0 aromatic carbocycles. The standard InChI is InChI=1S/C12H16O8/c1-5(13)17-8-4-16-12-11(19-7(3)15)10(9(8)20-12)18-6(2)14/h8-12H,4H2,1-3H3/t8-,9-,10+,11+,12?/m1/s1. The van der Waals surface area contributed by atoms with E-state index in [0.29, 0.717) is 0 Å². The van der Waals surface area contributed by atoms with Crippen LogP contribution in [0.1, 0.15) is 20.8 Å². The Kier molecular flexibility index (Phi) is 4.24. The summed E-state index contributed by atoms with van der Waals surface area (Å²) in [6, 6.07) is 0. The molecule has 2 rings (SSSR count). The molecule has 0 saturated carbocycles. The number of hydrogen-bond donors (Lipinski definition) is 0. The van der Waals surface area contributed by atoms with Gasteiger partial charge in [-0.1, -0.05) is 0 Å². The van der Waals surface area contributed by atoms with Gasteiger partial charge in [-0.15, -0.1) is 0 Å². The van der Waals surface area contributed by atoms with Crippen LogP contribution in [0.15, 0.2) is 0 Å². The molecular formula is C12H16O8. The number of fused-ring (bicyclic) bond motifs is 2. The van der Waals surface area contributed by atoms with Crippen molar-refractivity contribution < 1.29 is 38.1 Å². The van der Waals surface area contributed by atoms with Crippen LogP contribution in [0.2, 0.25) is 0 Å². The smallest absolute Gasteiger partial charge is 0.303 e. The fraction of sp³-hybridized carbons (Fsp3) is 0.750. The molecule has 1 unspecified atom stereocenters. The molecule has 2 saturated heterocycles. The Hall–Kier alpha value is -1.67. The average molecular weight is 288 g/mol. The zero-order valence-electron chi connectivity index (χ0n) is 11.4. The molecule has 5 atom stereocenters. The van der Waals surface area contributed by atoms with E-state index in [1.165, 1.54) is 20.8 Å². The molecule has 2 aliphatic heterocycles. The minimum absolute atomic E-state index is 0.0877. The maximum absolute atomic E-state index is 11.2. The van der Waals surface area contributed by atoms with E-state index in [9.17, 15) is 14.4 Å². The summed E-state index contributed by atoms with van der Waals surface area (Å²) in [7, 11) is 0. The van der Waals surface area contributed by atoms with E-state index >= 15 is 0 Å². The Morgan fingerprint density at radius 3 is 2.00 bits per heavy atom. The fourth-order valence-corrected chi connectivity index (χ4v) is 2.32. The molecule has 0 aromatic rings. The van der Waals surface area contributed by atoms with E-state index in [1.807, 2.05) is 0 Å². The highest BCUT2D eigenvalue weighted by Crippen LogP contribution is 2.34. The van der Waals surface area contributed by atoms with E-state index in [0.717, 1.165) is 0 Å². The first kappa shape index (κ1) is 14.7. The van der Waals surface area contributed by atoms with Crippen molar-refractivity contribution in [2.24, 2.45) is 0 Å². The summed E-state index contributed by atoms with van der Waals surface area (Å²) >= 11 is 0. The van der Waals surface area contributed by atoms with Gasteiger partial charge in [-0.2, -0.15) is 0 Å². The SMILES string of the molecule is CC(=O)O[C@H]1[C@@H]2OC(OC[C@H]2OC(C)=O)[C@H]1OC(C)=O. The highest BCUT2D eigenvalue weighted by molar-refractivity contribution is 5.68. The molecule has 0 spiro atoms. The predicted octanol–water partition coefficient (Wildman–Crippen LogP) is -0.463. The highest BCUT2D eigenvalue weighted by Gasteiger charge is 2.56. The molecule has 20 heavy (non-hydrogen) atoms. The molecule has 2 aliphatic rings. The first-order chi connectivity index (χ1) is 9.38. The van der Waals surface area contributed by atoms with Gasteiger partial charge in [-0.3, -0.25) is 14.4 Å². The number of carbonyl (C=O) groups excluding carboxylic acids is 3. The number of esters is 3. The van der Waals surface area contributed by atoms with Gasteiger partial charge in [0.25, 0.3) is 0 Å². The monoisotopic (exact) mass is 288 g/mol. The molecular weight excluding hydrogens is 272 g/mol. The Morgan fingerprint density at radius 1 is 0.900 bits per heavy atom. The summed E-state index contributed by atoms with van der Waals surface area (Å²) in [6.07, 6.45) is -4.00. The third kappa shape index (κ3) is 3.07. The zero-order valence-corrected chi connectivity index (χ0v) is 11.4. The van der Waals surface area contributed by atoms with Gasteiger partial charge in [-0.25, -0.2) is 0 Å². The van der Waals surface area contributed by atoms with Crippen LogP contribution in [0.5, 0.6) is 0 Å². The van der Waals surface area contributed by atoms with Crippen molar-refractivity contribution in [3.8, 4) is 0 Å². The van der Waals surface area contributed by atoms with Crippen molar-refractivity contribution in [2.75, 3.05) is 6.61 Å². The fourth-order valence-electron chi connectivity index (χ4n) is 2.32. The molecule has 0 N–H and O–H groups in total. The third-order valence-electron chi connectivity index (χ3n) is 2.92. The van der Waals surface area contributed by atoms with Gasteiger partial charge in [0.2, 0.25) is 0 Å². The molecule has 0 aliphatic carbocycles. The number of ether oxygens (including phenoxy) is 5. The van der Waals surface area contributed by atoms with Gasteiger partial charge in [0.15, 0.2) is 24.6 Å². The van der Waals surface area contributed by atoms with Crippen LogP contribution in [0.25, 0.3) is 0 Å². The van der Waals surface area contributed by atoms with Crippen LogP contribution in [-0.2, 0) is 38.1 Å². The van der Waals surface area contributed by atoms with Crippen LogP contribution >= 0.6 is 0 Å². The first-order valence-corrected chi connectivity index (χ1v) is 6.17. The van der Waals surface area contributed by atoms with Crippen LogP contribution in [0.4, 0.5) is 0 Å². The van der Waals surface area contributed by atoms with Crippen LogP contribution in [0, 0.1) is 0 Å². The van der Waals surface area contributed by atoms with Gasteiger partial charge in [0.1, 0.15) is 6.10 Å². The molecule has 0 radical (unpaired) electrons. The second-order valence-electron chi connectivity index (χ2n) is 4.60. The molecule has 2 fully saturated rings. The van der Waals surface area contributed by atoms with Crippen molar-refractivity contribution in [3.05, 3.63) is 0 Å². The molecule has 8 heteroatoms.